The van der Waals surface area contributed by atoms with Gasteiger partial charge in [0.05, 0.1) is 16.4 Å². The van der Waals surface area contributed by atoms with Gasteiger partial charge in [0.2, 0.25) is 0 Å². The summed E-state index contributed by atoms with van der Waals surface area (Å²) in [6, 6.07) is 93.3. The fourth-order valence-corrected chi connectivity index (χ4v) is 10.3. The van der Waals surface area contributed by atoms with Crippen LogP contribution < -0.4 is 4.90 Å². The average molecular weight is 803 g/mol. The van der Waals surface area contributed by atoms with Crippen LogP contribution in [-0.4, -0.2) is 4.57 Å². The number of nitrogens with zero attached hydrogens (tertiary/aromatic N) is 2. The molecule has 11 aromatic rings. The summed E-state index contributed by atoms with van der Waals surface area (Å²) in [5.74, 6) is 0. The molecule has 0 N–H and O–H groups in total. The van der Waals surface area contributed by atoms with Crippen LogP contribution in [0.2, 0.25) is 0 Å². The van der Waals surface area contributed by atoms with Gasteiger partial charge in [-0.25, -0.2) is 0 Å². The predicted molar refractivity (Wildman–Crippen MR) is 264 cm³/mol. The number of para-hydroxylation sites is 2. The van der Waals surface area contributed by atoms with Gasteiger partial charge in [-0.05, 0) is 116 Å². The summed E-state index contributed by atoms with van der Waals surface area (Å²) in [7, 11) is 0. The molecule has 1 aliphatic carbocycles. The van der Waals surface area contributed by atoms with Crippen molar-refractivity contribution in [3.05, 3.63) is 277 Å². The average Bonchev–Trinajstić information content (AvgIpc) is 3.86. The maximum Gasteiger partial charge on any atom is 0.0713 e. The molecule has 0 aliphatic heterocycles. The predicted octanol–water partition coefficient (Wildman–Crippen LogP) is 16.0. The number of aromatic nitrogens is 1. The number of fused-ring (bicyclic) bond motifs is 6. The van der Waals surface area contributed by atoms with E-state index in [1.54, 1.807) is 0 Å². The highest BCUT2D eigenvalue weighted by Crippen LogP contribution is 2.56. The van der Waals surface area contributed by atoms with E-state index in [9.17, 15) is 0 Å². The van der Waals surface area contributed by atoms with Gasteiger partial charge in [0, 0.05) is 33.5 Å². The summed E-state index contributed by atoms with van der Waals surface area (Å²) in [6.45, 7) is 0. The smallest absolute Gasteiger partial charge is 0.0713 e. The van der Waals surface area contributed by atoms with E-state index in [1.165, 1.54) is 60.8 Å². The first-order valence-corrected chi connectivity index (χ1v) is 21.8. The SMILES string of the molecule is c1ccc(-c2cc(-c3ccccc3)cc(N(c3ccc(C4(c5ccccc5)c5ccccc5-c5ccccc54)cc3)c3ccc4c5ccccc5n(-c5ccccc5)c4c3)c2)cc1. The number of benzene rings is 10. The highest BCUT2D eigenvalue weighted by molar-refractivity contribution is 6.10. The van der Waals surface area contributed by atoms with Crippen molar-refractivity contribution in [2.24, 2.45) is 0 Å². The van der Waals surface area contributed by atoms with E-state index in [2.05, 4.69) is 264 Å². The molecule has 0 radical (unpaired) electrons. The van der Waals surface area contributed by atoms with Crippen molar-refractivity contribution < 1.29 is 0 Å². The van der Waals surface area contributed by atoms with E-state index >= 15 is 0 Å². The third-order valence-electron chi connectivity index (χ3n) is 13.0. The zero-order chi connectivity index (χ0) is 41.7. The maximum atomic E-state index is 2.45. The van der Waals surface area contributed by atoms with Crippen molar-refractivity contribution in [2.45, 2.75) is 5.41 Å². The summed E-state index contributed by atoms with van der Waals surface area (Å²) < 4.78 is 2.41. The molecular weight excluding hydrogens is 761 g/mol. The van der Waals surface area contributed by atoms with Gasteiger partial charge in [-0.3, -0.25) is 0 Å². The van der Waals surface area contributed by atoms with Crippen molar-refractivity contribution in [1.82, 2.24) is 4.57 Å². The van der Waals surface area contributed by atoms with Gasteiger partial charge in [-0.15, -0.1) is 0 Å². The molecule has 12 rings (SSSR count). The minimum absolute atomic E-state index is 0.485. The molecule has 1 heterocycles. The molecule has 1 aliphatic rings. The Labute approximate surface area is 368 Å². The Morgan fingerprint density at radius 2 is 0.778 bits per heavy atom. The highest BCUT2D eigenvalue weighted by Gasteiger charge is 2.45. The molecule has 2 nitrogen and oxygen atoms in total. The molecule has 0 saturated heterocycles. The normalized spacial score (nSPS) is 12.6. The zero-order valence-electron chi connectivity index (χ0n) is 34.6. The second-order valence-electron chi connectivity index (χ2n) is 16.5. The lowest BCUT2D eigenvalue weighted by Crippen LogP contribution is -2.28. The van der Waals surface area contributed by atoms with Gasteiger partial charge < -0.3 is 9.47 Å². The minimum Gasteiger partial charge on any atom is -0.310 e. The van der Waals surface area contributed by atoms with Crippen LogP contribution in [0.25, 0.3) is 60.9 Å². The molecular formula is C61H42N2. The summed E-state index contributed by atoms with van der Waals surface area (Å²) in [4.78, 5) is 2.45. The molecule has 0 spiro atoms. The van der Waals surface area contributed by atoms with Crippen LogP contribution in [0.4, 0.5) is 17.1 Å². The largest absolute Gasteiger partial charge is 0.310 e. The lowest BCUT2D eigenvalue weighted by Gasteiger charge is -2.34. The molecule has 2 heteroatoms. The summed E-state index contributed by atoms with van der Waals surface area (Å²) in [5.41, 5.74) is 18.6. The number of anilines is 3. The standard InChI is InChI=1S/C61H42N2/c1-5-19-43(20-6-1)45-39-46(44-21-7-2-8-22-44)41-52(40-45)62(51-37-38-56-55-29-15-18-32-59(55)63(60(56)42-51)49-25-11-4-12-26-49)50-35-33-48(34-36-50)61(47-23-9-3-10-24-47)57-30-16-13-27-53(57)54-28-14-17-31-58(54)61/h1-42H. The van der Waals surface area contributed by atoms with E-state index in [0.717, 1.165) is 39.4 Å². The van der Waals surface area contributed by atoms with Crippen LogP contribution in [0.5, 0.6) is 0 Å². The lowest BCUT2D eigenvalue weighted by atomic mass is 9.68. The van der Waals surface area contributed by atoms with Crippen LogP contribution in [0.3, 0.4) is 0 Å². The second-order valence-corrected chi connectivity index (χ2v) is 16.5. The van der Waals surface area contributed by atoms with E-state index in [0.29, 0.717) is 0 Å². The number of rotatable bonds is 8. The molecule has 0 atom stereocenters. The number of hydrogen-bond donors (Lipinski definition) is 0. The highest BCUT2D eigenvalue weighted by atomic mass is 15.1. The Hall–Kier alpha value is -8.20. The van der Waals surface area contributed by atoms with Gasteiger partial charge in [-0.2, -0.15) is 0 Å². The van der Waals surface area contributed by atoms with Crippen molar-refractivity contribution in [3.63, 3.8) is 0 Å². The van der Waals surface area contributed by atoms with E-state index in [1.807, 2.05) is 0 Å². The molecule has 296 valence electrons. The molecule has 0 unspecified atom stereocenters. The van der Waals surface area contributed by atoms with Crippen molar-refractivity contribution >= 4 is 38.9 Å². The molecule has 1 aromatic heterocycles. The molecule has 0 amide bonds. The fourth-order valence-electron chi connectivity index (χ4n) is 10.3. The van der Waals surface area contributed by atoms with Gasteiger partial charge >= 0.3 is 0 Å². The maximum absolute atomic E-state index is 2.45. The Morgan fingerprint density at radius 1 is 0.302 bits per heavy atom. The quantitative estimate of drug-likeness (QED) is 0.149. The third kappa shape index (κ3) is 5.95. The summed E-state index contributed by atoms with van der Waals surface area (Å²) >= 11 is 0. The van der Waals surface area contributed by atoms with Crippen LogP contribution in [0.15, 0.2) is 255 Å². The zero-order valence-corrected chi connectivity index (χ0v) is 34.6. The molecule has 0 bridgehead atoms. The van der Waals surface area contributed by atoms with Crippen molar-refractivity contribution in [3.8, 4) is 39.1 Å². The van der Waals surface area contributed by atoms with Crippen LogP contribution in [-0.2, 0) is 5.41 Å². The second kappa shape index (κ2) is 15.1. The first kappa shape index (κ1) is 36.6. The Morgan fingerprint density at radius 3 is 1.40 bits per heavy atom. The van der Waals surface area contributed by atoms with Gasteiger partial charge in [-0.1, -0.05) is 194 Å². The first-order chi connectivity index (χ1) is 31.3. The molecule has 0 saturated carbocycles. The van der Waals surface area contributed by atoms with Gasteiger partial charge in [0.25, 0.3) is 0 Å². The topological polar surface area (TPSA) is 8.17 Å². The Bertz CT molecular complexity index is 3320. The summed E-state index contributed by atoms with van der Waals surface area (Å²) in [5, 5.41) is 2.46. The van der Waals surface area contributed by atoms with E-state index < -0.39 is 5.41 Å². The Kier molecular flexibility index (Phi) is 8.76. The molecule has 63 heavy (non-hydrogen) atoms. The van der Waals surface area contributed by atoms with Crippen LogP contribution in [0, 0.1) is 0 Å². The van der Waals surface area contributed by atoms with Crippen molar-refractivity contribution in [1.29, 1.82) is 0 Å². The molecule has 10 aromatic carbocycles. The first-order valence-electron chi connectivity index (χ1n) is 21.8. The monoisotopic (exact) mass is 802 g/mol. The minimum atomic E-state index is -0.485. The summed E-state index contributed by atoms with van der Waals surface area (Å²) in [6.07, 6.45) is 0. The van der Waals surface area contributed by atoms with E-state index in [4.69, 9.17) is 0 Å². The fraction of sp³-hybridized carbons (Fsp3) is 0.0164. The van der Waals surface area contributed by atoms with E-state index in [-0.39, 0.29) is 0 Å². The van der Waals surface area contributed by atoms with Crippen LogP contribution in [0.1, 0.15) is 22.3 Å². The number of hydrogen-bond acceptors (Lipinski definition) is 1. The van der Waals surface area contributed by atoms with Gasteiger partial charge in [0.15, 0.2) is 0 Å². The third-order valence-corrected chi connectivity index (χ3v) is 13.0. The van der Waals surface area contributed by atoms with Gasteiger partial charge in [0.1, 0.15) is 0 Å². The van der Waals surface area contributed by atoms with Crippen molar-refractivity contribution in [2.75, 3.05) is 4.90 Å². The Balaban J connectivity index is 1.11. The lowest BCUT2D eigenvalue weighted by molar-refractivity contribution is 0.768. The van der Waals surface area contributed by atoms with Crippen LogP contribution >= 0.6 is 0 Å². The molecule has 0 fully saturated rings.